The Morgan fingerprint density at radius 1 is 0.833 bits per heavy atom. The van der Waals surface area contributed by atoms with Crippen LogP contribution in [0.15, 0.2) is 114 Å². The maximum absolute atomic E-state index is 14.5. The Balaban J connectivity index is 1.59. The molecule has 48 heavy (non-hydrogen) atoms. The van der Waals surface area contributed by atoms with Gasteiger partial charge in [0.05, 0.1) is 16.1 Å². The van der Waals surface area contributed by atoms with Crippen LogP contribution in [0.5, 0.6) is 0 Å². The van der Waals surface area contributed by atoms with Gasteiger partial charge in [0.15, 0.2) is 0 Å². The van der Waals surface area contributed by atoms with Crippen LogP contribution in [0.2, 0.25) is 5.02 Å². The Labute approximate surface area is 283 Å². The maximum atomic E-state index is 14.5. The van der Waals surface area contributed by atoms with Crippen molar-refractivity contribution < 1.29 is 31.2 Å². The van der Waals surface area contributed by atoms with E-state index in [0.29, 0.717) is 21.0 Å². The molecule has 2 amide bonds. The topological polar surface area (TPSA) is 86.8 Å². The van der Waals surface area contributed by atoms with E-state index in [1.54, 1.807) is 30.3 Å². The number of hydrogen-bond acceptors (Lipinski definition) is 4. The summed E-state index contributed by atoms with van der Waals surface area (Å²) in [5.41, 5.74) is -0.0761. The van der Waals surface area contributed by atoms with Gasteiger partial charge < -0.3 is 10.2 Å². The van der Waals surface area contributed by atoms with Crippen molar-refractivity contribution in [1.29, 1.82) is 0 Å². The zero-order valence-corrected chi connectivity index (χ0v) is 27.5. The zero-order valence-electron chi connectivity index (χ0n) is 25.9. The van der Waals surface area contributed by atoms with Crippen molar-refractivity contribution in [3.05, 3.63) is 131 Å². The minimum Gasteiger partial charge on any atom is -0.352 e. The number of halogens is 4. The fraction of sp³-hybridized carbons (Fsp3) is 0.278. The minimum atomic E-state index is -4.76. The molecule has 0 unspecified atom stereocenters. The summed E-state index contributed by atoms with van der Waals surface area (Å²) in [5, 5.41) is 3.48. The van der Waals surface area contributed by atoms with Crippen LogP contribution in [0, 0.1) is 0 Å². The summed E-state index contributed by atoms with van der Waals surface area (Å²) in [4.78, 5) is 29.7. The Kier molecular flexibility index (Phi) is 11.1. The van der Waals surface area contributed by atoms with Crippen LogP contribution in [-0.2, 0) is 38.8 Å². The van der Waals surface area contributed by atoms with Crippen LogP contribution in [0.25, 0.3) is 0 Å². The third kappa shape index (κ3) is 8.76. The highest BCUT2D eigenvalue weighted by Crippen LogP contribution is 2.33. The molecule has 0 radical (unpaired) electrons. The number of nitrogens with one attached hydrogen (secondary N) is 1. The fourth-order valence-electron chi connectivity index (χ4n) is 5.84. The summed E-state index contributed by atoms with van der Waals surface area (Å²) in [6.07, 6.45) is -1.14. The van der Waals surface area contributed by atoms with Gasteiger partial charge in [-0.25, -0.2) is 8.42 Å². The molecule has 5 rings (SSSR count). The number of amides is 2. The summed E-state index contributed by atoms with van der Waals surface area (Å²) >= 11 is 6.27. The number of rotatable bonds is 12. The third-order valence-electron chi connectivity index (χ3n) is 8.29. The van der Waals surface area contributed by atoms with E-state index in [9.17, 15) is 31.2 Å². The molecule has 0 bridgehead atoms. The molecule has 252 valence electrons. The minimum absolute atomic E-state index is 0.0704. The summed E-state index contributed by atoms with van der Waals surface area (Å²) in [6, 6.07) is 25.7. The van der Waals surface area contributed by atoms with E-state index < -0.39 is 46.2 Å². The quantitative estimate of drug-likeness (QED) is 0.169. The van der Waals surface area contributed by atoms with Gasteiger partial charge in [-0.15, -0.1) is 0 Å². The van der Waals surface area contributed by atoms with E-state index >= 15 is 0 Å². The average molecular weight is 698 g/mol. The van der Waals surface area contributed by atoms with Gasteiger partial charge in [0, 0.05) is 24.0 Å². The normalized spacial score (nSPS) is 14.3. The molecule has 0 spiro atoms. The molecule has 4 aromatic rings. The summed E-state index contributed by atoms with van der Waals surface area (Å²) in [5.74, 6) is -1.19. The van der Waals surface area contributed by atoms with Crippen LogP contribution in [0.3, 0.4) is 0 Å². The number of alkyl halides is 3. The average Bonchev–Trinajstić information content (AvgIpc) is 3.58. The maximum Gasteiger partial charge on any atom is 0.416 e. The Morgan fingerprint density at radius 2 is 1.46 bits per heavy atom. The first-order chi connectivity index (χ1) is 22.9. The number of hydrogen-bond donors (Lipinski definition) is 1. The number of nitrogens with zero attached hydrogens (tertiary/aromatic N) is 2. The highest BCUT2D eigenvalue weighted by molar-refractivity contribution is 7.92. The molecule has 0 heterocycles. The number of benzene rings is 4. The summed E-state index contributed by atoms with van der Waals surface area (Å²) < 4.78 is 70.1. The van der Waals surface area contributed by atoms with Crippen LogP contribution in [-0.4, -0.2) is 43.8 Å². The van der Waals surface area contributed by atoms with Crippen molar-refractivity contribution >= 4 is 39.1 Å². The predicted molar refractivity (Wildman–Crippen MR) is 179 cm³/mol. The molecular weight excluding hydrogens is 663 g/mol. The molecule has 1 fully saturated rings. The van der Waals surface area contributed by atoms with E-state index in [4.69, 9.17) is 11.6 Å². The van der Waals surface area contributed by atoms with Gasteiger partial charge in [-0.05, 0) is 66.4 Å². The van der Waals surface area contributed by atoms with Crippen LogP contribution >= 0.6 is 11.6 Å². The number of carbonyl (C=O) groups is 2. The molecular formula is C36H35ClF3N3O4S. The summed E-state index contributed by atoms with van der Waals surface area (Å²) in [7, 11) is -4.55. The molecule has 0 aromatic heterocycles. The lowest BCUT2D eigenvalue weighted by molar-refractivity contribution is -0.140. The van der Waals surface area contributed by atoms with Crippen LogP contribution < -0.4 is 9.62 Å². The van der Waals surface area contributed by atoms with Crippen molar-refractivity contribution in [2.24, 2.45) is 0 Å². The highest BCUT2D eigenvalue weighted by Gasteiger charge is 2.37. The van der Waals surface area contributed by atoms with Gasteiger partial charge in [0.2, 0.25) is 11.8 Å². The Bertz CT molecular complexity index is 1820. The molecule has 7 nitrogen and oxygen atoms in total. The van der Waals surface area contributed by atoms with Crippen molar-refractivity contribution in [2.45, 2.75) is 61.8 Å². The van der Waals surface area contributed by atoms with Crippen LogP contribution in [0.4, 0.5) is 18.9 Å². The first kappa shape index (κ1) is 35.0. The van der Waals surface area contributed by atoms with E-state index in [2.05, 4.69) is 5.32 Å². The van der Waals surface area contributed by atoms with Gasteiger partial charge in [-0.2, -0.15) is 13.2 Å². The van der Waals surface area contributed by atoms with Gasteiger partial charge in [-0.1, -0.05) is 91.2 Å². The van der Waals surface area contributed by atoms with E-state index in [-0.39, 0.29) is 29.6 Å². The van der Waals surface area contributed by atoms with Crippen molar-refractivity contribution in [1.82, 2.24) is 10.2 Å². The monoisotopic (exact) mass is 697 g/mol. The molecule has 0 saturated heterocycles. The van der Waals surface area contributed by atoms with Gasteiger partial charge >= 0.3 is 6.18 Å². The largest absolute Gasteiger partial charge is 0.416 e. The molecule has 1 atom stereocenters. The van der Waals surface area contributed by atoms with Crippen molar-refractivity contribution in [3.8, 4) is 0 Å². The first-order valence-electron chi connectivity index (χ1n) is 15.5. The standard InChI is InChI=1S/C36H35ClF3N3O4S/c37-29-15-9-13-27(21-29)24-42(33(22-26-11-3-1-4-12-26)35(45)41-30-16-7-8-17-30)34(44)25-43(48(46,47)32-19-5-2-6-20-32)31-18-10-14-28(23-31)36(38,39)40/h1-6,9-15,18-21,23,30,33H,7-8,16-17,22,24-25H2,(H,41,45)/t33-/m1/s1. The van der Waals surface area contributed by atoms with E-state index in [1.807, 2.05) is 30.3 Å². The molecule has 0 aliphatic heterocycles. The van der Waals surface area contributed by atoms with E-state index in [0.717, 1.165) is 43.4 Å². The second-order valence-corrected chi connectivity index (χ2v) is 14.0. The molecule has 1 aliphatic rings. The second-order valence-electron chi connectivity index (χ2n) is 11.7. The number of sulfonamides is 1. The third-order valence-corrected chi connectivity index (χ3v) is 10.3. The van der Waals surface area contributed by atoms with Gasteiger partial charge in [-0.3, -0.25) is 13.9 Å². The van der Waals surface area contributed by atoms with Crippen molar-refractivity contribution in [2.75, 3.05) is 10.8 Å². The van der Waals surface area contributed by atoms with Crippen LogP contribution in [0.1, 0.15) is 42.4 Å². The molecule has 12 heteroatoms. The smallest absolute Gasteiger partial charge is 0.352 e. The molecule has 1 aliphatic carbocycles. The lowest BCUT2D eigenvalue weighted by Crippen LogP contribution is -2.54. The SMILES string of the molecule is O=C(NC1CCCC1)[C@@H](Cc1ccccc1)N(Cc1cccc(Cl)c1)C(=O)CN(c1cccc(C(F)(F)F)c1)S(=O)(=O)c1ccccc1. The fourth-order valence-corrected chi connectivity index (χ4v) is 7.48. The molecule has 4 aromatic carbocycles. The van der Waals surface area contributed by atoms with Crippen molar-refractivity contribution in [3.63, 3.8) is 0 Å². The van der Waals surface area contributed by atoms with Gasteiger partial charge in [0.1, 0.15) is 12.6 Å². The van der Waals surface area contributed by atoms with E-state index in [1.165, 1.54) is 35.2 Å². The first-order valence-corrected chi connectivity index (χ1v) is 17.4. The zero-order chi connectivity index (χ0) is 34.3. The number of carbonyl (C=O) groups excluding carboxylic acids is 2. The Hall–Kier alpha value is -4.35. The lowest BCUT2D eigenvalue weighted by atomic mass is 10.0. The Morgan fingerprint density at radius 3 is 2.10 bits per heavy atom. The second kappa shape index (κ2) is 15.3. The number of anilines is 1. The lowest BCUT2D eigenvalue weighted by Gasteiger charge is -2.34. The predicted octanol–water partition coefficient (Wildman–Crippen LogP) is 7.25. The summed E-state index contributed by atoms with van der Waals surface area (Å²) in [6.45, 7) is -0.988. The molecule has 1 N–H and O–H groups in total. The highest BCUT2D eigenvalue weighted by atomic mass is 35.5. The molecule has 1 saturated carbocycles. The van der Waals surface area contributed by atoms with Gasteiger partial charge in [0.25, 0.3) is 10.0 Å².